The molecule has 1 N–H and O–H groups in total. The zero-order chi connectivity index (χ0) is 15.6. The summed E-state index contributed by atoms with van der Waals surface area (Å²) in [4.78, 5) is 0. The summed E-state index contributed by atoms with van der Waals surface area (Å²) in [7, 11) is 2.02. The molecule has 0 aliphatic carbocycles. The first-order chi connectivity index (χ1) is 9.97. The van der Waals surface area contributed by atoms with Gasteiger partial charge in [0.25, 0.3) is 0 Å². The van der Waals surface area contributed by atoms with Gasteiger partial charge in [-0.2, -0.15) is 5.10 Å². The molecule has 1 unspecified atom stereocenters. The summed E-state index contributed by atoms with van der Waals surface area (Å²) < 4.78 is 3.22. The predicted octanol–water partition coefficient (Wildman–Crippen LogP) is 4.09. The molecule has 1 heterocycles. The summed E-state index contributed by atoms with van der Waals surface area (Å²) in [5.41, 5.74) is 6.32. The van der Waals surface area contributed by atoms with E-state index in [-0.39, 0.29) is 0 Å². The zero-order valence-electron chi connectivity index (χ0n) is 13.5. The minimum atomic E-state index is 0.294. The molecule has 2 rings (SSSR count). The van der Waals surface area contributed by atoms with Crippen LogP contribution in [0.3, 0.4) is 0 Å². The molecule has 2 aromatic rings. The molecule has 114 valence electrons. The lowest BCUT2D eigenvalue weighted by molar-refractivity contribution is 0.539. The lowest BCUT2D eigenvalue weighted by Gasteiger charge is -2.19. The van der Waals surface area contributed by atoms with Gasteiger partial charge in [-0.05, 0) is 67.4 Å². The zero-order valence-corrected chi connectivity index (χ0v) is 15.1. The summed E-state index contributed by atoms with van der Waals surface area (Å²) in [6, 6.07) is 7.00. The number of likely N-dealkylation sites (N-methyl/N-ethyl adjacent to an activating group) is 1. The topological polar surface area (TPSA) is 29.9 Å². The number of hydrogen-bond donors (Lipinski definition) is 1. The summed E-state index contributed by atoms with van der Waals surface area (Å²) in [5, 5.41) is 8.02. The van der Waals surface area contributed by atoms with Gasteiger partial charge in [0, 0.05) is 19.0 Å². The van der Waals surface area contributed by atoms with E-state index >= 15 is 0 Å². The van der Waals surface area contributed by atoms with Crippen LogP contribution in [0.25, 0.3) is 0 Å². The van der Waals surface area contributed by atoms with Gasteiger partial charge in [0.2, 0.25) is 0 Å². The molecule has 0 fully saturated rings. The molecule has 4 heteroatoms. The first-order valence-corrected chi connectivity index (χ1v) is 8.23. The molecule has 0 saturated carbocycles. The van der Waals surface area contributed by atoms with Crippen molar-refractivity contribution in [2.24, 2.45) is 0 Å². The summed E-state index contributed by atoms with van der Waals surface area (Å²) in [5.74, 6) is 0. The van der Waals surface area contributed by atoms with Crippen LogP contribution in [0.5, 0.6) is 0 Å². The minimum Gasteiger partial charge on any atom is -0.313 e. The number of hydrogen-bond acceptors (Lipinski definition) is 2. The van der Waals surface area contributed by atoms with Crippen molar-refractivity contribution in [2.75, 3.05) is 7.05 Å². The molecule has 21 heavy (non-hydrogen) atoms. The highest BCUT2D eigenvalue weighted by Gasteiger charge is 2.18. The highest BCUT2D eigenvalue weighted by molar-refractivity contribution is 9.10. The maximum Gasteiger partial charge on any atom is 0.0738 e. The van der Waals surface area contributed by atoms with Crippen LogP contribution in [0.15, 0.2) is 22.7 Å². The second-order valence-electron chi connectivity index (χ2n) is 5.55. The number of halogens is 1. The van der Waals surface area contributed by atoms with E-state index in [1.807, 2.05) is 14.0 Å². The monoisotopic (exact) mass is 349 g/mol. The van der Waals surface area contributed by atoms with Crippen molar-refractivity contribution >= 4 is 15.9 Å². The van der Waals surface area contributed by atoms with Gasteiger partial charge in [0.1, 0.15) is 0 Å². The third kappa shape index (κ3) is 3.38. The van der Waals surface area contributed by atoms with Gasteiger partial charge in [-0.1, -0.05) is 18.2 Å². The lowest BCUT2D eigenvalue weighted by Crippen LogP contribution is -2.21. The Hall–Kier alpha value is -1.13. The maximum atomic E-state index is 4.58. The highest BCUT2D eigenvalue weighted by Crippen LogP contribution is 2.27. The summed E-state index contributed by atoms with van der Waals surface area (Å²) in [6.07, 6.45) is 0.925. The molecular formula is C17H24BrN3. The Balaban J connectivity index is 2.33. The van der Waals surface area contributed by atoms with E-state index < -0.39 is 0 Å². The number of aryl methyl sites for hydroxylation is 4. The van der Waals surface area contributed by atoms with Crippen molar-refractivity contribution in [3.05, 3.63) is 50.8 Å². The fraction of sp³-hybridized carbons (Fsp3) is 0.471. The Bertz CT molecular complexity index is 631. The van der Waals surface area contributed by atoms with E-state index in [0.29, 0.717) is 6.04 Å². The average Bonchev–Trinajstić information content (AvgIpc) is 2.75. The standard InChI is InChI=1S/C17H24BrN3/c1-6-21-16(17(18)13(4)20-21)10-15(19-5)14-8-7-11(2)12(3)9-14/h7-9,15,19H,6,10H2,1-5H3. The number of aromatic nitrogens is 2. The average molecular weight is 350 g/mol. The Morgan fingerprint density at radius 1 is 1.24 bits per heavy atom. The summed E-state index contributed by atoms with van der Waals surface area (Å²) in [6.45, 7) is 9.39. The molecule has 3 nitrogen and oxygen atoms in total. The number of benzene rings is 1. The molecule has 0 aliphatic heterocycles. The molecule has 1 atom stereocenters. The van der Waals surface area contributed by atoms with Crippen molar-refractivity contribution in [2.45, 2.75) is 46.7 Å². The van der Waals surface area contributed by atoms with E-state index in [1.54, 1.807) is 0 Å². The predicted molar refractivity (Wildman–Crippen MR) is 91.8 cm³/mol. The third-order valence-corrected chi connectivity index (χ3v) is 5.16. The van der Waals surface area contributed by atoms with Crippen molar-refractivity contribution < 1.29 is 0 Å². The highest BCUT2D eigenvalue weighted by atomic mass is 79.9. The van der Waals surface area contributed by atoms with Crippen molar-refractivity contribution in [1.82, 2.24) is 15.1 Å². The van der Waals surface area contributed by atoms with Crippen LogP contribution in [0, 0.1) is 20.8 Å². The number of nitrogens with one attached hydrogen (secondary N) is 1. The van der Waals surface area contributed by atoms with Crippen LogP contribution in [0.1, 0.15) is 41.0 Å². The molecular weight excluding hydrogens is 326 g/mol. The number of nitrogens with zero attached hydrogens (tertiary/aromatic N) is 2. The smallest absolute Gasteiger partial charge is 0.0738 e. The van der Waals surface area contributed by atoms with Gasteiger partial charge >= 0.3 is 0 Å². The van der Waals surface area contributed by atoms with Crippen LogP contribution in [0.4, 0.5) is 0 Å². The van der Waals surface area contributed by atoms with Crippen molar-refractivity contribution in [3.63, 3.8) is 0 Å². The molecule has 0 amide bonds. The fourth-order valence-electron chi connectivity index (χ4n) is 2.63. The van der Waals surface area contributed by atoms with Crippen LogP contribution in [-0.2, 0) is 13.0 Å². The maximum absolute atomic E-state index is 4.58. The van der Waals surface area contributed by atoms with Crippen LogP contribution >= 0.6 is 15.9 Å². The van der Waals surface area contributed by atoms with E-state index in [4.69, 9.17) is 0 Å². The van der Waals surface area contributed by atoms with Gasteiger partial charge < -0.3 is 5.32 Å². The fourth-order valence-corrected chi connectivity index (χ4v) is 3.07. The number of rotatable bonds is 5. The van der Waals surface area contributed by atoms with Gasteiger partial charge in [0.05, 0.1) is 15.9 Å². The molecule has 0 saturated heterocycles. The molecule has 0 aliphatic rings. The van der Waals surface area contributed by atoms with Gasteiger partial charge in [-0.3, -0.25) is 4.68 Å². The van der Waals surface area contributed by atoms with Crippen molar-refractivity contribution in [1.29, 1.82) is 0 Å². The van der Waals surface area contributed by atoms with E-state index in [9.17, 15) is 0 Å². The molecule has 1 aromatic heterocycles. The largest absolute Gasteiger partial charge is 0.313 e. The quantitative estimate of drug-likeness (QED) is 0.880. The van der Waals surface area contributed by atoms with Crippen molar-refractivity contribution in [3.8, 4) is 0 Å². The molecule has 0 bridgehead atoms. The first-order valence-electron chi connectivity index (χ1n) is 7.44. The van der Waals surface area contributed by atoms with Crippen LogP contribution in [-0.4, -0.2) is 16.8 Å². The summed E-state index contributed by atoms with van der Waals surface area (Å²) >= 11 is 3.69. The Kier molecular flexibility index (Phi) is 5.22. The second-order valence-corrected chi connectivity index (χ2v) is 6.34. The van der Waals surface area contributed by atoms with Crippen LogP contribution in [0.2, 0.25) is 0 Å². The third-order valence-electron chi connectivity index (χ3n) is 4.13. The molecule has 0 spiro atoms. The second kappa shape index (κ2) is 6.75. The normalized spacial score (nSPS) is 12.7. The Labute approximate surface area is 135 Å². The van der Waals surface area contributed by atoms with E-state index in [1.165, 1.54) is 22.4 Å². The SMILES string of the molecule is CCn1nc(C)c(Br)c1CC(NC)c1ccc(C)c(C)c1. The van der Waals surface area contributed by atoms with E-state index in [2.05, 4.69) is 70.0 Å². The molecule has 0 radical (unpaired) electrons. The molecule has 1 aromatic carbocycles. The Morgan fingerprint density at radius 3 is 2.52 bits per heavy atom. The minimum absolute atomic E-state index is 0.294. The van der Waals surface area contributed by atoms with Crippen LogP contribution < -0.4 is 5.32 Å². The van der Waals surface area contributed by atoms with E-state index in [0.717, 1.165) is 23.1 Å². The lowest BCUT2D eigenvalue weighted by atomic mass is 9.98. The van der Waals surface area contributed by atoms with Gasteiger partial charge in [-0.15, -0.1) is 0 Å². The van der Waals surface area contributed by atoms with Gasteiger partial charge in [-0.25, -0.2) is 0 Å². The Morgan fingerprint density at radius 2 is 1.95 bits per heavy atom. The van der Waals surface area contributed by atoms with Gasteiger partial charge in [0.15, 0.2) is 0 Å². The first kappa shape index (κ1) is 16.2.